The molecule has 92 valence electrons. The van der Waals surface area contributed by atoms with Gasteiger partial charge in [-0.15, -0.1) is 0 Å². The van der Waals surface area contributed by atoms with Crippen molar-refractivity contribution in [3.8, 4) is 0 Å². The van der Waals surface area contributed by atoms with E-state index in [1.807, 2.05) is 0 Å². The first kappa shape index (κ1) is 11.2. The Morgan fingerprint density at radius 2 is 1.71 bits per heavy atom. The van der Waals surface area contributed by atoms with Gasteiger partial charge in [0, 0.05) is 11.5 Å². The van der Waals surface area contributed by atoms with Crippen LogP contribution in [-0.4, -0.2) is 6.54 Å². The van der Waals surface area contributed by atoms with Gasteiger partial charge >= 0.3 is 0 Å². The van der Waals surface area contributed by atoms with Crippen LogP contribution in [0.3, 0.4) is 0 Å². The maximum Gasteiger partial charge on any atom is 0.0295 e. The van der Waals surface area contributed by atoms with Crippen molar-refractivity contribution in [2.24, 2.45) is 28.3 Å². The summed E-state index contributed by atoms with van der Waals surface area (Å²) < 4.78 is 0. The van der Waals surface area contributed by atoms with Gasteiger partial charge in [0.2, 0.25) is 0 Å². The summed E-state index contributed by atoms with van der Waals surface area (Å²) in [7, 11) is 0. The molecule has 0 aromatic carbocycles. The molecular weight excluding hydrogens is 210 g/mol. The molecule has 4 aliphatic rings. The van der Waals surface area contributed by atoms with Crippen molar-refractivity contribution in [1.29, 1.82) is 0 Å². The van der Waals surface area contributed by atoms with Crippen molar-refractivity contribution >= 4 is 0 Å². The summed E-state index contributed by atoms with van der Waals surface area (Å²) in [6.07, 6.45) is 9.43. The van der Waals surface area contributed by atoms with Gasteiger partial charge in [-0.2, -0.15) is 0 Å². The molecular formula is C14H21N3. The van der Waals surface area contributed by atoms with Crippen LogP contribution in [0.15, 0.2) is 17.3 Å². The molecule has 4 rings (SSSR count). The fraction of sp³-hybridized carbons (Fsp3) is 0.857. The zero-order chi connectivity index (χ0) is 11.9. The molecule has 4 saturated carbocycles. The summed E-state index contributed by atoms with van der Waals surface area (Å²) in [5.41, 5.74) is 10.2. The van der Waals surface area contributed by atoms with Crippen molar-refractivity contribution in [1.82, 2.24) is 0 Å². The Kier molecular flexibility index (Phi) is 2.67. The third-order valence-electron chi connectivity index (χ3n) is 5.37. The van der Waals surface area contributed by atoms with Gasteiger partial charge in [0.05, 0.1) is 0 Å². The molecule has 0 radical (unpaired) electrons. The average molecular weight is 231 g/mol. The van der Waals surface area contributed by atoms with E-state index in [4.69, 9.17) is 5.53 Å². The molecule has 0 aromatic rings. The first-order valence-corrected chi connectivity index (χ1v) is 6.91. The molecule has 0 unspecified atom stereocenters. The highest BCUT2D eigenvalue weighted by Gasteiger charge is 2.51. The minimum absolute atomic E-state index is 0.430. The van der Waals surface area contributed by atoms with Crippen LogP contribution >= 0.6 is 0 Å². The van der Waals surface area contributed by atoms with Gasteiger partial charge in [-0.25, -0.2) is 0 Å². The fourth-order valence-electron chi connectivity index (χ4n) is 5.04. The van der Waals surface area contributed by atoms with Crippen LogP contribution in [0, 0.1) is 23.2 Å². The summed E-state index contributed by atoms with van der Waals surface area (Å²) in [6, 6.07) is 0. The predicted octanol–water partition coefficient (Wildman–Crippen LogP) is 4.46. The molecule has 0 heterocycles. The van der Waals surface area contributed by atoms with E-state index in [9.17, 15) is 0 Å². The molecule has 0 saturated heterocycles. The van der Waals surface area contributed by atoms with Gasteiger partial charge in [0.15, 0.2) is 0 Å². The summed E-state index contributed by atoms with van der Waals surface area (Å²) in [5.74, 6) is 2.91. The van der Waals surface area contributed by atoms with Gasteiger partial charge in [0.1, 0.15) is 0 Å². The minimum atomic E-state index is 0.430. The monoisotopic (exact) mass is 231 g/mol. The Balaban J connectivity index is 1.73. The van der Waals surface area contributed by atoms with E-state index in [0.717, 1.165) is 24.2 Å². The quantitative estimate of drug-likeness (QED) is 0.297. The van der Waals surface area contributed by atoms with Crippen molar-refractivity contribution in [3.05, 3.63) is 22.6 Å². The third-order valence-corrected chi connectivity index (χ3v) is 5.37. The summed E-state index contributed by atoms with van der Waals surface area (Å²) in [4.78, 5) is 2.84. The number of hydrogen-bond donors (Lipinski definition) is 0. The number of azide groups is 1. The smallest absolute Gasteiger partial charge is 0.0295 e. The van der Waals surface area contributed by atoms with Crippen molar-refractivity contribution in [3.63, 3.8) is 0 Å². The molecule has 0 spiro atoms. The van der Waals surface area contributed by atoms with Crippen LogP contribution in [0.25, 0.3) is 10.4 Å². The number of hydrogen-bond acceptors (Lipinski definition) is 1. The highest BCUT2D eigenvalue weighted by molar-refractivity contribution is 5.18. The van der Waals surface area contributed by atoms with Gasteiger partial charge in [0.25, 0.3) is 0 Å². The van der Waals surface area contributed by atoms with E-state index in [1.54, 1.807) is 0 Å². The van der Waals surface area contributed by atoms with Crippen molar-refractivity contribution < 1.29 is 0 Å². The van der Waals surface area contributed by atoms with E-state index in [0.29, 0.717) is 12.0 Å². The van der Waals surface area contributed by atoms with E-state index in [1.165, 1.54) is 44.1 Å². The van der Waals surface area contributed by atoms with Crippen molar-refractivity contribution in [2.75, 3.05) is 6.54 Å². The zero-order valence-corrected chi connectivity index (χ0v) is 10.4. The topological polar surface area (TPSA) is 48.8 Å². The maximum absolute atomic E-state index is 8.34. The standard InChI is InChI=1S/C14H21N3/c1-10(2-3-16-17-15)14-7-11-4-12(8-14)6-13(5-11)9-14/h11-13H,1-9H2. The van der Waals surface area contributed by atoms with Crippen molar-refractivity contribution in [2.45, 2.75) is 44.9 Å². The summed E-state index contributed by atoms with van der Waals surface area (Å²) in [5, 5.41) is 3.66. The molecule has 0 aliphatic heterocycles. The van der Waals surface area contributed by atoms with Crippen LogP contribution in [0.5, 0.6) is 0 Å². The van der Waals surface area contributed by atoms with Gasteiger partial charge in [-0.05, 0) is 73.6 Å². The second-order valence-electron chi connectivity index (χ2n) is 6.51. The minimum Gasteiger partial charge on any atom is -0.0993 e. The molecule has 4 bridgehead atoms. The molecule has 3 nitrogen and oxygen atoms in total. The van der Waals surface area contributed by atoms with Crippen LogP contribution in [0.2, 0.25) is 0 Å². The van der Waals surface area contributed by atoms with E-state index in [2.05, 4.69) is 16.6 Å². The zero-order valence-electron chi connectivity index (χ0n) is 10.4. The second kappa shape index (κ2) is 4.06. The highest BCUT2D eigenvalue weighted by Crippen LogP contribution is 2.62. The number of nitrogens with zero attached hydrogens (tertiary/aromatic N) is 3. The van der Waals surface area contributed by atoms with E-state index < -0.39 is 0 Å². The Morgan fingerprint density at radius 3 is 2.18 bits per heavy atom. The maximum atomic E-state index is 8.34. The number of rotatable bonds is 4. The molecule has 3 heteroatoms. The highest BCUT2D eigenvalue weighted by atomic mass is 15.1. The predicted molar refractivity (Wildman–Crippen MR) is 68.4 cm³/mol. The van der Waals surface area contributed by atoms with Gasteiger partial charge in [-0.1, -0.05) is 17.3 Å². The Morgan fingerprint density at radius 1 is 1.18 bits per heavy atom. The Hall–Kier alpha value is -0.950. The van der Waals surface area contributed by atoms with Gasteiger partial charge < -0.3 is 0 Å². The average Bonchev–Trinajstić information content (AvgIpc) is 2.27. The van der Waals surface area contributed by atoms with E-state index in [-0.39, 0.29) is 0 Å². The van der Waals surface area contributed by atoms with E-state index >= 15 is 0 Å². The molecule has 0 N–H and O–H groups in total. The second-order valence-corrected chi connectivity index (χ2v) is 6.51. The SMILES string of the molecule is C=C(CCN=[N+]=[N-])C12CC3CC(CC(C3)C1)C2. The molecule has 0 aromatic heterocycles. The molecule has 4 aliphatic carbocycles. The lowest BCUT2D eigenvalue weighted by molar-refractivity contribution is -0.0317. The Bertz CT molecular complexity index is 344. The molecule has 0 amide bonds. The lowest BCUT2D eigenvalue weighted by Crippen LogP contribution is -2.46. The van der Waals surface area contributed by atoms with Crippen LogP contribution in [-0.2, 0) is 0 Å². The largest absolute Gasteiger partial charge is 0.0993 e. The fourth-order valence-corrected chi connectivity index (χ4v) is 5.04. The van der Waals surface area contributed by atoms with Crippen LogP contribution in [0.4, 0.5) is 0 Å². The third kappa shape index (κ3) is 1.87. The summed E-state index contributed by atoms with van der Waals surface area (Å²) >= 11 is 0. The van der Waals surface area contributed by atoms with Crippen LogP contribution in [0.1, 0.15) is 44.9 Å². The molecule has 0 atom stereocenters. The lowest BCUT2D eigenvalue weighted by atomic mass is 9.47. The normalized spacial score (nSPS) is 42.2. The first-order chi connectivity index (χ1) is 8.22. The molecule has 17 heavy (non-hydrogen) atoms. The molecule has 4 fully saturated rings. The van der Waals surface area contributed by atoms with Crippen LogP contribution < -0.4 is 0 Å². The Labute approximate surface area is 103 Å². The first-order valence-electron chi connectivity index (χ1n) is 6.91. The summed E-state index contributed by atoms with van der Waals surface area (Å²) in [6.45, 7) is 4.93. The lowest BCUT2D eigenvalue weighted by Gasteiger charge is -2.57. The van der Waals surface area contributed by atoms with Gasteiger partial charge in [-0.3, -0.25) is 0 Å².